The third-order valence-electron chi connectivity index (χ3n) is 3.42. The van der Waals surface area contributed by atoms with Crippen LogP contribution in [0.4, 0.5) is 0 Å². The predicted molar refractivity (Wildman–Crippen MR) is 68.9 cm³/mol. The second-order valence-electron chi connectivity index (χ2n) is 4.99. The van der Waals surface area contributed by atoms with E-state index in [0.29, 0.717) is 17.4 Å². The molecule has 1 N–H and O–H groups in total. The Hall–Kier alpha value is -1.10. The Bertz CT molecular complexity index is 452. The summed E-state index contributed by atoms with van der Waals surface area (Å²) in [6.07, 6.45) is 4.36. The largest absolute Gasteiger partial charge is 0.475 e. The smallest absolute Gasteiger partial charge is 0.371 e. The molecule has 18 heavy (non-hydrogen) atoms. The average Bonchev–Trinajstić information content (AvgIpc) is 2.77. The molecule has 5 heteroatoms. The van der Waals surface area contributed by atoms with Crippen LogP contribution in [-0.2, 0) is 16.6 Å². The monoisotopic (exact) mass is 270 g/mol. The lowest BCUT2D eigenvalue weighted by atomic mass is 9.91. The van der Waals surface area contributed by atoms with Crippen molar-refractivity contribution in [2.24, 2.45) is 5.92 Å². The summed E-state index contributed by atoms with van der Waals surface area (Å²) < 4.78 is 17.3. The second kappa shape index (κ2) is 5.69. The van der Waals surface area contributed by atoms with E-state index >= 15 is 0 Å². The van der Waals surface area contributed by atoms with Crippen LogP contribution in [0.1, 0.15) is 48.9 Å². The van der Waals surface area contributed by atoms with Gasteiger partial charge in [-0.2, -0.15) is 0 Å². The predicted octanol–water partition coefficient (Wildman–Crippen LogP) is 2.81. The first-order valence-corrected chi connectivity index (χ1v) is 7.63. The molecule has 1 aromatic heterocycles. The first-order chi connectivity index (χ1) is 8.56. The molecule has 3 unspecified atom stereocenters. The molecule has 1 heterocycles. The highest BCUT2D eigenvalue weighted by Crippen LogP contribution is 2.28. The summed E-state index contributed by atoms with van der Waals surface area (Å²) in [7, 11) is -0.965. The number of carboxylic acids is 1. The summed E-state index contributed by atoms with van der Waals surface area (Å²) in [5, 5.41) is 8.97. The zero-order valence-corrected chi connectivity index (χ0v) is 11.2. The molecule has 1 saturated carbocycles. The molecule has 0 bridgehead atoms. The molecule has 0 aliphatic heterocycles. The summed E-state index contributed by atoms with van der Waals surface area (Å²) in [6, 6.07) is 3.02. The fourth-order valence-corrected chi connectivity index (χ4v) is 4.09. The Morgan fingerprint density at radius 2 is 2.28 bits per heavy atom. The maximum absolute atomic E-state index is 12.2. The van der Waals surface area contributed by atoms with Gasteiger partial charge in [0.05, 0.1) is 5.75 Å². The van der Waals surface area contributed by atoms with E-state index < -0.39 is 16.8 Å². The van der Waals surface area contributed by atoms with Crippen LogP contribution in [0.3, 0.4) is 0 Å². The van der Waals surface area contributed by atoms with Crippen molar-refractivity contribution < 1.29 is 18.5 Å². The van der Waals surface area contributed by atoms with Crippen LogP contribution < -0.4 is 0 Å². The number of carboxylic acid groups (broad SMARTS) is 1. The van der Waals surface area contributed by atoms with Gasteiger partial charge in [0.2, 0.25) is 5.76 Å². The number of rotatable bonds is 4. The van der Waals surface area contributed by atoms with Crippen molar-refractivity contribution in [3.05, 3.63) is 23.7 Å². The third kappa shape index (κ3) is 3.22. The van der Waals surface area contributed by atoms with Gasteiger partial charge < -0.3 is 9.52 Å². The van der Waals surface area contributed by atoms with Crippen LogP contribution in [-0.4, -0.2) is 20.5 Å². The van der Waals surface area contributed by atoms with Crippen LogP contribution in [0.2, 0.25) is 0 Å². The minimum Gasteiger partial charge on any atom is -0.475 e. The van der Waals surface area contributed by atoms with Gasteiger partial charge >= 0.3 is 5.97 Å². The molecule has 1 aromatic rings. The molecule has 1 aliphatic carbocycles. The minimum atomic E-state index is -1.08. The van der Waals surface area contributed by atoms with Gasteiger partial charge in [0.15, 0.2) is 0 Å². The number of furan rings is 1. The average molecular weight is 270 g/mol. The highest BCUT2D eigenvalue weighted by Gasteiger charge is 2.24. The summed E-state index contributed by atoms with van der Waals surface area (Å²) >= 11 is 0. The Morgan fingerprint density at radius 1 is 1.50 bits per heavy atom. The van der Waals surface area contributed by atoms with E-state index in [-0.39, 0.29) is 11.0 Å². The van der Waals surface area contributed by atoms with E-state index in [9.17, 15) is 9.00 Å². The highest BCUT2D eigenvalue weighted by atomic mass is 32.2. The molecule has 0 saturated heterocycles. The first-order valence-electron chi connectivity index (χ1n) is 6.25. The molecule has 0 radical (unpaired) electrons. The topological polar surface area (TPSA) is 67.5 Å². The number of aromatic carboxylic acids is 1. The lowest BCUT2D eigenvalue weighted by Crippen LogP contribution is -2.23. The zero-order chi connectivity index (χ0) is 13.1. The van der Waals surface area contributed by atoms with Crippen LogP contribution in [0.15, 0.2) is 16.5 Å². The number of carbonyl (C=O) groups is 1. The van der Waals surface area contributed by atoms with Gasteiger partial charge in [-0.25, -0.2) is 4.79 Å². The summed E-state index contributed by atoms with van der Waals surface area (Å²) in [5.74, 6) is 0.296. The van der Waals surface area contributed by atoms with Crippen molar-refractivity contribution in [3.63, 3.8) is 0 Å². The van der Waals surface area contributed by atoms with Crippen molar-refractivity contribution in [3.8, 4) is 0 Å². The first kappa shape index (κ1) is 13.3. The van der Waals surface area contributed by atoms with Crippen LogP contribution in [0.25, 0.3) is 0 Å². The fourth-order valence-electron chi connectivity index (χ4n) is 2.45. The van der Waals surface area contributed by atoms with Crippen LogP contribution in [0.5, 0.6) is 0 Å². The van der Waals surface area contributed by atoms with Gasteiger partial charge in [0.25, 0.3) is 0 Å². The van der Waals surface area contributed by atoms with Crippen molar-refractivity contribution >= 4 is 16.8 Å². The molecule has 1 aliphatic rings. The Morgan fingerprint density at radius 3 is 2.89 bits per heavy atom. The SMILES string of the molecule is CC1CCCC(S(=O)Cc2ccc(C(=O)O)o2)C1. The van der Waals surface area contributed by atoms with Gasteiger partial charge in [-0.15, -0.1) is 0 Å². The maximum atomic E-state index is 12.2. The molecule has 0 aromatic carbocycles. The Kier molecular flexibility index (Phi) is 4.22. The quantitative estimate of drug-likeness (QED) is 0.913. The third-order valence-corrected chi connectivity index (χ3v) is 5.16. The van der Waals surface area contributed by atoms with Crippen molar-refractivity contribution in [2.45, 2.75) is 43.6 Å². The molecule has 0 spiro atoms. The van der Waals surface area contributed by atoms with Crippen molar-refractivity contribution in [1.29, 1.82) is 0 Å². The zero-order valence-electron chi connectivity index (χ0n) is 10.4. The van der Waals surface area contributed by atoms with Crippen LogP contribution in [0, 0.1) is 5.92 Å². The van der Waals surface area contributed by atoms with Crippen LogP contribution >= 0.6 is 0 Å². The summed E-state index contributed by atoms with van der Waals surface area (Å²) in [6.45, 7) is 2.19. The van der Waals surface area contributed by atoms with E-state index in [1.807, 2.05) is 0 Å². The van der Waals surface area contributed by atoms with E-state index in [2.05, 4.69) is 6.92 Å². The molecular weight excluding hydrogens is 252 g/mol. The van der Waals surface area contributed by atoms with Crippen molar-refractivity contribution in [2.75, 3.05) is 0 Å². The van der Waals surface area contributed by atoms with Gasteiger partial charge in [0, 0.05) is 16.0 Å². The van der Waals surface area contributed by atoms with Crippen molar-refractivity contribution in [1.82, 2.24) is 0 Å². The number of hydrogen-bond donors (Lipinski definition) is 1. The Balaban J connectivity index is 1.95. The molecule has 3 atom stereocenters. The Labute approximate surface area is 109 Å². The molecule has 4 nitrogen and oxygen atoms in total. The summed E-state index contributed by atoms with van der Waals surface area (Å²) in [5.41, 5.74) is 0. The standard InChI is InChI=1S/C13H18O4S/c1-9-3-2-4-11(7-9)18(16)8-10-5-6-12(17-10)13(14)15/h5-6,9,11H,2-4,7-8H2,1H3,(H,14,15). The number of hydrogen-bond acceptors (Lipinski definition) is 3. The second-order valence-corrected chi connectivity index (χ2v) is 6.71. The lowest BCUT2D eigenvalue weighted by molar-refractivity contribution is 0.0661. The van der Waals surface area contributed by atoms with E-state index in [4.69, 9.17) is 9.52 Å². The highest BCUT2D eigenvalue weighted by molar-refractivity contribution is 7.84. The maximum Gasteiger partial charge on any atom is 0.371 e. The fraction of sp³-hybridized carbons (Fsp3) is 0.615. The molecular formula is C13H18O4S. The molecule has 100 valence electrons. The van der Waals surface area contributed by atoms with Gasteiger partial charge in [-0.3, -0.25) is 4.21 Å². The van der Waals surface area contributed by atoms with Gasteiger partial charge in [-0.1, -0.05) is 19.8 Å². The van der Waals surface area contributed by atoms with E-state index in [0.717, 1.165) is 19.3 Å². The van der Waals surface area contributed by atoms with Gasteiger partial charge in [-0.05, 0) is 30.9 Å². The van der Waals surface area contributed by atoms with Gasteiger partial charge in [0.1, 0.15) is 5.76 Å². The lowest BCUT2D eigenvalue weighted by Gasteiger charge is -2.25. The minimum absolute atomic E-state index is 0.0842. The van der Waals surface area contributed by atoms with E-state index in [1.165, 1.54) is 12.5 Å². The van der Waals surface area contributed by atoms with E-state index in [1.54, 1.807) is 6.07 Å². The summed E-state index contributed by atoms with van der Waals surface area (Å²) in [4.78, 5) is 10.7. The molecule has 2 rings (SSSR count). The molecule has 1 fully saturated rings. The normalized spacial score (nSPS) is 25.8. The molecule has 0 amide bonds.